The quantitative estimate of drug-likeness (QED) is 0.668. The molecule has 0 heterocycles. The highest BCUT2D eigenvalue weighted by molar-refractivity contribution is 7.90. The lowest BCUT2D eigenvalue weighted by molar-refractivity contribution is 0.248. The molecule has 0 aliphatic heterocycles. The second kappa shape index (κ2) is 4.58. The number of carbonyl (C=O) groups excluding carboxylic acids is 1. The molecule has 0 saturated heterocycles. The van der Waals surface area contributed by atoms with Gasteiger partial charge in [0.2, 0.25) is 0 Å². The fourth-order valence-electron chi connectivity index (χ4n) is 1.15. The Bertz CT molecular complexity index is 534. The third-order valence-electron chi connectivity index (χ3n) is 2.02. The van der Waals surface area contributed by atoms with Crippen molar-refractivity contribution >= 4 is 21.7 Å². The van der Waals surface area contributed by atoms with Gasteiger partial charge in [0.05, 0.1) is 10.6 Å². The number of rotatable bonds is 2. The van der Waals surface area contributed by atoms with Gasteiger partial charge in [-0.05, 0) is 24.6 Å². The SMILES string of the molecule is CNC(=O)NS(=O)(=O)c1cc(C)c(F)c(N)c1. The van der Waals surface area contributed by atoms with Crippen molar-refractivity contribution in [3.05, 3.63) is 23.5 Å². The molecule has 1 aromatic carbocycles. The summed E-state index contributed by atoms with van der Waals surface area (Å²) in [7, 11) is -2.77. The number of halogens is 1. The second-order valence-corrected chi connectivity index (χ2v) is 5.01. The van der Waals surface area contributed by atoms with E-state index in [9.17, 15) is 17.6 Å². The molecule has 6 nitrogen and oxygen atoms in total. The van der Waals surface area contributed by atoms with E-state index in [-0.39, 0.29) is 16.1 Å². The van der Waals surface area contributed by atoms with Gasteiger partial charge >= 0.3 is 6.03 Å². The fourth-order valence-corrected chi connectivity index (χ4v) is 2.23. The Labute approximate surface area is 98.1 Å². The summed E-state index contributed by atoms with van der Waals surface area (Å²) in [4.78, 5) is 10.7. The van der Waals surface area contributed by atoms with Crippen LogP contribution in [-0.2, 0) is 10.0 Å². The number of carbonyl (C=O) groups is 1. The van der Waals surface area contributed by atoms with Crippen LogP contribution in [0.25, 0.3) is 0 Å². The molecule has 0 aliphatic rings. The van der Waals surface area contributed by atoms with Crippen molar-refractivity contribution in [1.82, 2.24) is 10.0 Å². The molecular weight excluding hydrogens is 249 g/mol. The van der Waals surface area contributed by atoms with Crippen molar-refractivity contribution in [3.63, 3.8) is 0 Å². The van der Waals surface area contributed by atoms with E-state index in [0.29, 0.717) is 0 Å². The van der Waals surface area contributed by atoms with Crippen molar-refractivity contribution in [3.8, 4) is 0 Å². The average Bonchev–Trinajstić information content (AvgIpc) is 2.24. The normalized spacial score (nSPS) is 11.0. The number of nitrogens with two attached hydrogens (primary N) is 1. The van der Waals surface area contributed by atoms with Gasteiger partial charge in [0, 0.05) is 7.05 Å². The van der Waals surface area contributed by atoms with E-state index in [4.69, 9.17) is 5.73 Å². The fraction of sp³-hybridized carbons (Fsp3) is 0.222. The number of amides is 2. The topological polar surface area (TPSA) is 101 Å². The van der Waals surface area contributed by atoms with Gasteiger partial charge in [-0.1, -0.05) is 0 Å². The first-order valence-corrected chi connectivity index (χ1v) is 6.06. The number of aryl methyl sites for hydroxylation is 1. The van der Waals surface area contributed by atoms with E-state index in [1.54, 1.807) is 4.72 Å². The largest absolute Gasteiger partial charge is 0.396 e. The maximum Gasteiger partial charge on any atom is 0.328 e. The summed E-state index contributed by atoms with van der Waals surface area (Å²) in [5.74, 6) is -0.677. The predicted octanol–water partition coefficient (Wildman–Crippen LogP) is 0.334. The van der Waals surface area contributed by atoms with E-state index >= 15 is 0 Å². The lowest BCUT2D eigenvalue weighted by Crippen LogP contribution is -2.37. The smallest absolute Gasteiger partial charge is 0.328 e. The zero-order valence-corrected chi connectivity index (χ0v) is 10.1. The Morgan fingerprint density at radius 2 is 2.00 bits per heavy atom. The van der Waals surface area contributed by atoms with Crippen molar-refractivity contribution < 1.29 is 17.6 Å². The Morgan fingerprint density at radius 3 is 2.47 bits per heavy atom. The van der Waals surface area contributed by atoms with E-state index in [2.05, 4.69) is 5.32 Å². The first-order chi connectivity index (χ1) is 7.77. The summed E-state index contributed by atoms with van der Waals surface area (Å²) in [6.07, 6.45) is 0. The third-order valence-corrected chi connectivity index (χ3v) is 3.33. The molecule has 2 amide bonds. The van der Waals surface area contributed by atoms with Crippen LogP contribution in [0, 0.1) is 12.7 Å². The predicted molar refractivity (Wildman–Crippen MR) is 60.3 cm³/mol. The van der Waals surface area contributed by atoms with Gasteiger partial charge in [-0.3, -0.25) is 0 Å². The molecule has 94 valence electrons. The summed E-state index contributed by atoms with van der Waals surface area (Å²) in [5.41, 5.74) is 5.11. The van der Waals surface area contributed by atoms with Crippen molar-refractivity contribution in [2.45, 2.75) is 11.8 Å². The summed E-state index contributed by atoms with van der Waals surface area (Å²) < 4.78 is 38.3. The molecule has 1 aromatic rings. The Kier molecular flexibility index (Phi) is 3.56. The zero-order valence-electron chi connectivity index (χ0n) is 9.24. The number of nitrogen functional groups attached to an aromatic ring is 1. The van der Waals surface area contributed by atoms with Crippen LogP contribution in [0.4, 0.5) is 14.9 Å². The van der Waals surface area contributed by atoms with Gasteiger partial charge in [-0.15, -0.1) is 0 Å². The van der Waals surface area contributed by atoms with Crippen LogP contribution in [0.15, 0.2) is 17.0 Å². The molecule has 1 rings (SSSR count). The van der Waals surface area contributed by atoms with Crippen LogP contribution in [0.5, 0.6) is 0 Å². The van der Waals surface area contributed by atoms with Gasteiger partial charge in [0.25, 0.3) is 10.0 Å². The number of anilines is 1. The van der Waals surface area contributed by atoms with Gasteiger partial charge < -0.3 is 11.1 Å². The molecule has 0 fully saturated rings. The monoisotopic (exact) mass is 261 g/mol. The Morgan fingerprint density at radius 1 is 1.41 bits per heavy atom. The van der Waals surface area contributed by atoms with E-state index in [0.717, 1.165) is 12.1 Å². The molecule has 8 heteroatoms. The molecule has 0 unspecified atom stereocenters. The van der Waals surface area contributed by atoms with Gasteiger partial charge in [0.15, 0.2) is 0 Å². The Hall–Kier alpha value is -1.83. The molecule has 0 atom stereocenters. The lowest BCUT2D eigenvalue weighted by atomic mass is 10.2. The van der Waals surface area contributed by atoms with E-state index < -0.39 is 21.9 Å². The Balaban J connectivity index is 3.21. The standard InChI is InChI=1S/C9H12FN3O3S/c1-5-3-6(4-7(11)8(5)10)17(15,16)13-9(14)12-2/h3-4H,11H2,1-2H3,(H2,12,13,14). The second-order valence-electron chi connectivity index (χ2n) is 3.33. The van der Waals surface area contributed by atoms with Crippen LogP contribution >= 0.6 is 0 Å². The zero-order chi connectivity index (χ0) is 13.2. The third kappa shape index (κ3) is 2.84. The summed E-state index contributed by atoms with van der Waals surface area (Å²) in [5, 5.41) is 2.10. The van der Waals surface area contributed by atoms with Crippen LogP contribution in [-0.4, -0.2) is 21.5 Å². The van der Waals surface area contributed by atoms with Crippen LogP contribution in [0.1, 0.15) is 5.56 Å². The number of hydrogen-bond acceptors (Lipinski definition) is 4. The van der Waals surface area contributed by atoms with Crippen LogP contribution < -0.4 is 15.8 Å². The molecule has 17 heavy (non-hydrogen) atoms. The molecule has 0 radical (unpaired) electrons. The summed E-state index contributed by atoms with van der Waals surface area (Å²) >= 11 is 0. The number of urea groups is 1. The maximum atomic E-state index is 13.2. The highest BCUT2D eigenvalue weighted by Crippen LogP contribution is 2.20. The van der Waals surface area contributed by atoms with E-state index in [1.807, 2.05) is 0 Å². The van der Waals surface area contributed by atoms with E-state index in [1.165, 1.54) is 14.0 Å². The minimum absolute atomic E-state index is 0.0854. The summed E-state index contributed by atoms with van der Waals surface area (Å²) in [6.45, 7) is 1.38. The molecule has 0 bridgehead atoms. The van der Waals surface area contributed by atoms with Gasteiger partial charge in [-0.2, -0.15) is 0 Å². The number of hydrogen-bond donors (Lipinski definition) is 3. The minimum Gasteiger partial charge on any atom is -0.396 e. The van der Waals surface area contributed by atoms with Crippen molar-refractivity contribution in [2.24, 2.45) is 0 Å². The molecule has 0 saturated carbocycles. The highest BCUT2D eigenvalue weighted by atomic mass is 32.2. The summed E-state index contributed by atoms with van der Waals surface area (Å²) in [6, 6.07) is 1.16. The lowest BCUT2D eigenvalue weighted by Gasteiger charge is -2.08. The van der Waals surface area contributed by atoms with Gasteiger partial charge in [-0.25, -0.2) is 22.3 Å². The maximum absolute atomic E-state index is 13.2. The number of sulfonamides is 1. The highest BCUT2D eigenvalue weighted by Gasteiger charge is 2.19. The van der Waals surface area contributed by atoms with Crippen molar-refractivity contribution in [1.29, 1.82) is 0 Å². The van der Waals surface area contributed by atoms with Crippen molar-refractivity contribution in [2.75, 3.05) is 12.8 Å². The van der Waals surface area contributed by atoms with Crippen LogP contribution in [0.2, 0.25) is 0 Å². The first kappa shape index (κ1) is 13.2. The number of benzene rings is 1. The number of nitrogens with one attached hydrogen (secondary N) is 2. The van der Waals surface area contributed by atoms with Crippen LogP contribution in [0.3, 0.4) is 0 Å². The molecular formula is C9H12FN3O3S. The minimum atomic E-state index is -4.04. The molecule has 4 N–H and O–H groups in total. The molecule has 0 spiro atoms. The molecule has 0 aliphatic carbocycles. The molecule has 0 aromatic heterocycles. The average molecular weight is 261 g/mol. The first-order valence-electron chi connectivity index (χ1n) is 4.58. The van der Waals surface area contributed by atoms with Gasteiger partial charge in [0.1, 0.15) is 5.82 Å².